The zero-order valence-corrected chi connectivity index (χ0v) is 17.7. The Morgan fingerprint density at radius 2 is 1.82 bits per heavy atom. The SMILES string of the molecule is CCOC(=O)c1cnn(-c2ccc(C(=O)Nc3cccnc3-n3cccn3)cc2)c1C(F)(F)F. The molecule has 0 spiro atoms. The third-order valence-corrected chi connectivity index (χ3v) is 4.66. The Balaban J connectivity index is 1.60. The van der Waals surface area contributed by atoms with E-state index in [-0.39, 0.29) is 17.9 Å². The van der Waals surface area contributed by atoms with Crippen molar-refractivity contribution in [2.24, 2.45) is 0 Å². The van der Waals surface area contributed by atoms with Gasteiger partial charge in [-0.3, -0.25) is 4.79 Å². The Morgan fingerprint density at radius 1 is 1.06 bits per heavy atom. The predicted molar refractivity (Wildman–Crippen MR) is 114 cm³/mol. The summed E-state index contributed by atoms with van der Waals surface area (Å²) in [5.74, 6) is -1.23. The molecule has 34 heavy (non-hydrogen) atoms. The average Bonchev–Trinajstić information content (AvgIpc) is 3.50. The van der Waals surface area contributed by atoms with Gasteiger partial charge in [0.05, 0.1) is 24.2 Å². The molecule has 4 rings (SSSR count). The molecule has 0 radical (unpaired) electrons. The Bertz CT molecular complexity index is 1310. The lowest BCUT2D eigenvalue weighted by Crippen LogP contribution is -2.19. The van der Waals surface area contributed by atoms with E-state index in [1.54, 1.807) is 36.8 Å². The predicted octanol–water partition coefficient (Wildman–Crippen LogP) is 3.90. The normalized spacial score (nSPS) is 11.3. The summed E-state index contributed by atoms with van der Waals surface area (Å²) in [5.41, 5.74) is -1.37. The molecule has 0 aliphatic heterocycles. The molecule has 3 heterocycles. The third kappa shape index (κ3) is 4.51. The van der Waals surface area contributed by atoms with Crippen molar-refractivity contribution in [3.8, 4) is 11.5 Å². The van der Waals surface area contributed by atoms with Gasteiger partial charge in [0.15, 0.2) is 11.5 Å². The van der Waals surface area contributed by atoms with Crippen LogP contribution in [0, 0.1) is 0 Å². The van der Waals surface area contributed by atoms with Crippen LogP contribution in [0.5, 0.6) is 0 Å². The van der Waals surface area contributed by atoms with E-state index >= 15 is 0 Å². The zero-order chi connectivity index (χ0) is 24.3. The molecule has 0 atom stereocenters. The first-order chi connectivity index (χ1) is 16.3. The number of rotatable bonds is 6. The number of hydrogen-bond acceptors (Lipinski definition) is 6. The summed E-state index contributed by atoms with van der Waals surface area (Å²) >= 11 is 0. The summed E-state index contributed by atoms with van der Waals surface area (Å²) in [6.45, 7) is 1.41. The monoisotopic (exact) mass is 470 g/mol. The lowest BCUT2D eigenvalue weighted by molar-refractivity contribution is -0.143. The van der Waals surface area contributed by atoms with Gasteiger partial charge in [-0.25, -0.2) is 19.1 Å². The maximum atomic E-state index is 13.7. The Labute approximate surface area is 190 Å². The average molecular weight is 470 g/mol. The Kier molecular flexibility index (Phi) is 6.13. The van der Waals surface area contributed by atoms with Crippen LogP contribution in [0.25, 0.3) is 11.5 Å². The van der Waals surface area contributed by atoms with Crippen LogP contribution < -0.4 is 5.32 Å². The molecule has 3 aromatic heterocycles. The number of benzene rings is 1. The van der Waals surface area contributed by atoms with Gasteiger partial charge in [-0.15, -0.1) is 0 Å². The van der Waals surface area contributed by atoms with Gasteiger partial charge in [0.25, 0.3) is 5.91 Å². The first kappa shape index (κ1) is 22.7. The molecule has 0 saturated heterocycles. The van der Waals surface area contributed by atoms with Crippen LogP contribution in [0.1, 0.15) is 33.3 Å². The van der Waals surface area contributed by atoms with E-state index in [1.807, 2.05) is 0 Å². The van der Waals surface area contributed by atoms with E-state index in [2.05, 4.69) is 20.5 Å². The van der Waals surface area contributed by atoms with Crippen molar-refractivity contribution in [2.75, 3.05) is 11.9 Å². The number of nitrogens with zero attached hydrogens (tertiary/aromatic N) is 5. The first-order valence-electron chi connectivity index (χ1n) is 9.98. The minimum absolute atomic E-state index is 0.0121. The van der Waals surface area contributed by atoms with Gasteiger partial charge >= 0.3 is 12.1 Å². The highest BCUT2D eigenvalue weighted by molar-refractivity contribution is 6.05. The largest absolute Gasteiger partial charge is 0.462 e. The number of nitrogens with one attached hydrogen (secondary N) is 1. The van der Waals surface area contributed by atoms with Gasteiger partial charge in [-0.05, 0) is 49.4 Å². The number of carbonyl (C=O) groups is 2. The highest BCUT2D eigenvalue weighted by Gasteiger charge is 2.41. The molecule has 12 heteroatoms. The van der Waals surface area contributed by atoms with Crippen LogP contribution in [0.2, 0.25) is 0 Å². The number of pyridine rings is 1. The molecule has 0 aliphatic carbocycles. The number of halogens is 3. The van der Waals surface area contributed by atoms with Crippen molar-refractivity contribution in [3.63, 3.8) is 0 Å². The fraction of sp³-hybridized carbons (Fsp3) is 0.136. The number of hydrogen-bond donors (Lipinski definition) is 1. The standard InChI is InChI=1S/C22H17F3N6O3/c1-2-34-21(33)16-13-28-31(18(16)22(23,24)25)15-8-6-14(7-9-15)20(32)29-17-5-3-10-26-19(17)30-12-4-11-27-30/h3-13H,2H2,1H3,(H,29,32). The van der Waals surface area contributed by atoms with E-state index in [9.17, 15) is 22.8 Å². The molecule has 4 aromatic rings. The number of esters is 1. The van der Waals surface area contributed by atoms with Crippen molar-refractivity contribution in [2.45, 2.75) is 13.1 Å². The van der Waals surface area contributed by atoms with Crippen LogP contribution in [-0.2, 0) is 10.9 Å². The van der Waals surface area contributed by atoms with Gasteiger partial charge in [0.1, 0.15) is 5.56 Å². The maximum absolute atomic E-state index is 13.7. The molecule has 0 fully saturated rings. The summed E-state index contributed by atoms with van der Waals surface area (Å²) < 4.78 is 47.8. The number of carbonyl (C=O) groups excluding carboxylic acids is 2. The molecular formula is C22H17F3N6O3. The topological polar surface area (TPSA) is 104 Å². The van der Waals surface area contributed by atoms with E-state index < -0.39 is 29.3 Å². The first-order valence-corrected chi connectivity index (χ1v) is 9.98. The van der Waals surface area contributed by atoms with Crippen LogP contribution in [0.4, 0.5) is 18.9 Å². The van der Waals surface area contributed by atoms with Crippen molar-refractivity contribution < 1.29 is 27.5 Å². The third-order valence-electron chi connectivity index (χ3n) is 4.66. The van der Waals surface area contributed by atoms with Crippen LogP contribution in [0.15, 0.2) is 67.3 Å². The van der Waals surface area contributed by atoms with Gasteiger partial charge < -0.3 is 10.1 Å². The number of aromatic nitrogens is 5. The molecule has 1 amide bonds. The summed E-state index contributed by atoms with van der Waals surface area (Å²) in [6, 6.07) is 10.3. The molecule has 9 nitrogen and oxygen atoms in total. The van der Waals surface area contributed by atoms with Gasteiger partial charge in [-0.1, -0.05) is 0 Å². The van der Waals surface area contributed by atoms with Gasteiger partial charge in [0.2, 0.25) is 0 Å². The van der Waals surface area contributed by atoms with Crippen LogP contribution in [0.3, 0.4) is 0 Å². The minimum atomic E-state index is -4.86. The van der Waals surface area contributed by atoms with Crippen LogP contribution >= 0.6 is 0 Å². The summed E-state index contributed by atoms with van der Waals surface area (Å²) in [5, 5.41) is 10.5. The van der Waals surface area contributed by atoms with Crippen molar-refractivity contribution in [1.29, 1.82) is 0 Å². The summed E-state index contributed by atoms with van der Waals surface area (Å²) in [6.07, 6.45) is 0.726. The minimum Gasteiger partial charge on any atom is -0.462 e. The molecule has 1 aromatic carbocycles. The Morgan fingerprint density at radius 3 is 2.47 bits per heavy atom. The number of alkyl halides is 3. The Hall–Kier alpha value is -4.48. The second-order valence-corrected chi connectivity index (χ2v) is 6.86. The zero-order valence-electron chi connectivity index (χ0n) is 17.7. The molecule has 174 valence electrons. The van der Waals surface area contributed by atoms with Crippen molar-refractivity contribution in [1.82, 2.24) is 24.5 Å². The maximum Gasteiger partial charge on any atom is 0.434 e. The summed E-state index contributed by atoms with van der Waals surface area (Å²) in [4.78, 5) is 28.9. The number of ether oxygens (including phenoxy) is 1. The molecule has 0 aliphatic rings. The highest BCUT2D eigenvalue weighted by Crippen LogP contribution is 2.34. The van der Waals surface area contributed by atoms with Crippen LogP contribution in [-0.4, -0.2) is 43.0 Å². The molecule has 0 bridgehead atoms. The van der Waals surface area contributed by atoms with Crippen molar-refractivity contribution in [3.05, 3.63) is 84.1 Å². The van der Waals surface area contributed by atoms with Gasteiger partial charge in [-0.2, -0.15) is 23.4 Å². The van der Waals surface area contributed by atoms with E-state index in [4.69, 9.17) is 4.74 Å². The quantitative estimate of drug-likeness (QED) is 0.429. The lowest BCUT2D eigenvalue weighted by atomic mass is 10.1. The second kappa shape index (κ2) is 9.17. The fourth-order valence-corrected chi connectivity index (χ4v) is 3.19. The van der Waals surface area contributed by atoms with E-state index in [0.29, 0.717) is 16.2 Å². The van der Waals surface area contributed by atoms with Crippen molar-refractivity contribution >= 4 is 17.6 Å². The molecule has 0 unspecified atom stereocenters. The van der Waals surface area contributed by atoms with E-state index in [1.165, 1.54) is 35.9 Å². The smallest absolute Gasteiger partial charge is 0.434 e. The van der Waals surface area contributed by atoms with E-state index in [0.717, 1.165) is 6.20 Å². The van der Waals surface area contributed by atoms with Gasteiger partial charge in [0, 0.05) is 24.2 Å². The molecular weight excluding hydrogens is 453 g/mol. The molecule has 1 N–H and O–H groups in total. The molecule has 0 saturated carbocycles. The number of anilines is 1. The number of amides is 1. The lowest BCUT2D eigenvalue weighted by Gasteiger charge is -2.13. The highest BCUT2D eigenvalue weighted by atomic mass is 19.4. The summed E-state index contributed by atoms with van der Waals surface area (Å²) in [7, 11) is 0. The fourth-order valence-electron chi connectivity index (χ4n) is 3.19. The second-order valence-electron chi connectivity index (χ2n) is 6.86.